The number of rotatable bonds is 4. The SMILES string of the molecule is CC(NC(=O)Cc1cn2ccsc2n1)c1ccc(C(C)(C)C)cc1. The molecule has 0 fully saturated rings. The Morgan fingerprint density at radius 1 is 1.29 bits per heavy atom. The number of nitrogens with one attached hydrogen (secondary N) is 1. The van der Waals surface area contributed by atoms with Gasteiger partial charge in [0.05, 0.1) is 18.2 Å². The summed E-state index contributed by atoms with van der Waals surface area (Å²) in [6.07, 6.45) is 4.17. The average molecular weight is 341 g/mol. The van der Waals surface area contributed by atoms with E-state index in [-0.39, 0.29) is 17.4 Å². The fraction of sp³-hybridized carbons (Fsp3) is 0.368. The van der Waals surface area contributed by atoms with Crippen molar-refractivity contribution in [3.8, 4) is 0 Å². The van der Waals surface area contributed by atoms with Crippen molar-refractivity contribution in [2.75, 3.05) is 0 Å². The number of nitrogens with zero attached hydrogens (tertiary/aromatic N) is 2. The topological polar surface area (TPSA) is 46.4 Å². The van der Waals surface area contributed by atoms with Gasteiger partial charge in [-0.3, -0.25) is 9.20 Å². The number of thiazole rings is 1. The predicted octanol–water partition coefficient (Wildman–Crippen LogP) is 4.11. The fourth-order valence-electron chi connectivity index (χ4n) is 2.67. The lowest BCUT2D eigenvalue weighted by atomic mass is 9.86. The van der Waals surface area contributed by atoms with Crippen LogP contribution in [0.5, 0.6) is 0 Å². The minimum absolute atomic E-state index is 0.00634. The van der Waals surface area contributed by atoms with E-state index in [1.165, 1.54) is 5.56 Å². The molecule has 0 aliphatic heterocycles. The van der Waals surface area contributed by atoms with Crippen molar-refractivity contribution in [1.29, 1.82) is 0 Å². The van der Waals surface area contributed by atoms with E-state index in [9.17, 15) is 4.79 Å². The normalized spacial score (nSPS) is 13.2. The van der Waals surface area contributed by atoms with Gasteiger partial charge in [0.15, 0.2) is 4.96 Å². The van der Waals surface area contributed by atoms with Crippen LogP contribution in [0.2, 0.25) is 0 Å². The summed E-state index contributed by atoms with van der Waals surface area (Å²) >= 11 is 1.57. The molecule has 2 heterocycles. The largest absolute Gasteiger partial charge is 0.349 e. The molecule has 0 saturated heterocycles. The summed E-state index contributed by atoms with van der Waals surface area (Å²) in [5.74, 6) is -0.00634. The third-order valence-electron chi connectivity index (χ3n) is 4.14. The van der Waals surface area contributed by atoms with Crippen LogP contribution in [0.1, 0.15) is 50.6 Å². The zero-order valence-corrected chi connectivity index (χ0v) is 15.4. The van der Waals surface area contributed by atoms with E-state index >= 15 is 0 Å². The van der Waals surface area contributed by atoms with Gasteiger partial charge in [-0.1, -0.05) is 45.0 Å². The monoisotopic (exact) mass is 341 g/mol. The van der Waals surface area contributed by atoms with Crippen LogP contribution in [0, 0.1) is 0 Å². The smallest absolute Gasteiger partial charge is 0.226 e. The highest BCUT2D eigenvalue weighted by Gasteiger charge is 2.15. The maximum absolute atomic E-state index is 12.3. The van der Waals surface area contributed by atoms with E-state index in [4.69, 9.17) is 0 Å². The van der Waals surface area contributed by atoms with Crippen molar-refractivity contribution in [1.82, 2.24) is 14.7 Å². The van der Waals surface area contributed by atoms with Crippen LogP contribution in [0.4, 0.5) is 0 Å². The van der Waals surface area contributed by atoms with Gasteiger partial charge in [0, 0.05) is 17.8 Å². The maximum Gasteiger partial charge on any atom is 0.226 e. The Morgan fingerprint density at radius 3 is 2.62 bits per heavy atom. The minimum Gasteiger partial charge on any atom is -0.349 e. The Bertz CT molecular complexity index is 811. The van der Waals surface area contributed by atoms with E-state index in [0.717, 1.165) is 16.2 Å². The molecule has 5 heteroatoms. The van der Waals surface area contributed by atoms with Crippen LogP contribution >= 0.6 is 11.3 Å². The zero-order chi connectivity index (χ0) is 17.3. The Hall–Kier alpha value is -2.14. The van der Waals surface area contributed by atoms with Gasteiger partial charge in [0.25, 0.3) is 0 Å². The highest BCUT2D eigenvalue weighted by Crippen LogP contribution is 2.24. The van der Waals surface area contributed by atoms with E-state index in [1.54, 1.807) is 11.3 Å². The second-order valence-electron chi connectivity index (χ2n) is 7.16. The van der Waals surface area contributed by atoms with Crippen LogP contribution in [0.3, 0.4) is 0 Å². The van der Waals surface area contributed by atoms with E-state index in [1.807, 2.05) is 29.1 Å². The van der Waals surface area contributed by atoms with Gasteiger partial charge >= 0.3 is 0 Å². The van der Waals surface area contributed by atoms with Crippen molar-refractivity contribution in [2.45, 2.75) is 45.6 Å². The molecule has 0 saturated carbocycles. The third-order valence-corrected chi connectivity index (χ3v) is 4.91. The molecule has 4 nitrogen and oxygen atoms in total. The molecule has 0 spiro atoms. The van der Waals surface area contributed by atoms with Gasteiger partial charge in [-0.2, -0.15) is 0 Å². The summed E-state index contributed by atoms with van der Waals surface area (Å²) in [6, 6.07) is 8.45. The Morgan fingerprint density at radius 2 is 2.00 bits per heavy atom. The summed E-state index contributed by atoms with van der Waals surface area (Å²) in [5, 5.41) is 5.04. The van der Waals surface area contributed by atoms with E-state index in [2.05, 4.69) is 55.3 Å². The third kappa shape index (κ3) is 3.67. The molecule has 0 aliphatic rings. The number of hydrogen-bond donors (Lipinski definition) is 1. The molecule has 1 aromatic carbocycles. The number of aromatic nitrogens is 2. The average Bonchev–Trinajstić information content (AvgIpc) is 3.07. The lowest BCUT2D eigenvalue weighted by molar-refractivity contribution is -0.121. The lowest BCUT2D eigenvalue weighted by Crippen LogP contribution is -2.28. The zero-order valence-electron chi connectivity index (χ0n) is 14.5. The molecule has 0 bridgehead atoms. The Balaban J connectivity index is 1.62. The molecular weight excluding hydrogens is 318 g/mol. The summed E-state index contributed by atoms with van der Waals surface area (Å²) < 4.78 is 1.95. The second-order valence-corrected chi connectivity index (χ2v) is 8.04. The second kappa shape index (κ2) is 6.40. The van der Waals surface area contributed by atoms with Gasteiger partial charge in [0.2, 0.25) is 5.91 Å². The molecule has 2 aromatic heterocycles. The molecule has 1 N–H and O–H groups in total. The number of fused-ring (bicyclic) bond motifs is 1. The first-order chi connectivity index (χ1) is 11.3. The van der Waals surface area contributed by atoms with Crippen molar-refractivity contribution >= 4 is 22.2 Å². The molecule has 1 atom stereocenters. The van der Waals surface area contributed by atoms with Gasteiger partial charge in [-0.25, -0.2) is 4.98 Å². The van der Waals surface area contributed by atoms with Gasteiger partial charge in [-0.15, -0.1) is 11.3 Å². The van der Waals surface area contributed by atoms with Crippen molar-refractivity contribution in [3.05, 3.63) is 58.9 Å². The summed E-state index contributed by atoms with van der Waals surface area (Å²) in [6.45, 7) is 8.60. The van der Waals surface area contributed by atoms with E-state index < -0.39 is 0 Å². The fourth-order valence-corrected chi connectivity index (χ4v) is 3.39. The number of carbonyl (C=O) groups excluding carboxylic acids is 1. The van der Waals surface area contributed by atoms with Crippen LogP contribution in [0.15, 0.2) is 42.0 Å². The summed E-state index contributed by atoms with van der Waals surface area (Å²) in [7, 11) is 0. The Kier molecular flexibility index (Phi) is 4.45. The molecule has 1 unspecified atom stereocenters. The number of imidazole rings is 1. The van der Waals surface area contributed by atoms with Crippen molar-refractivity contribution < 1.29 is 4.79 Å². The Labute approximate surface area is 146 Å². The van der Waals surface area contributed by atoms with Gasteiger partial charge in [-0.05, 0) is 23.5 Å². The quantitative estimate of drug-likeness (QED) is 0.776. The van der Waals surface area contributed by atoms with Crippen LogP contribution in [-0.2, 0) is 16.6 Å². The first-order valence-corrected chi connectivity index (χ1v) is 9.02. The predicted molar refractivity (Wildman–Crippen MR) is 98.5 cm³/mol. The number of hydrogen-bond acceptors (Lipinski definition) is 3. The lowest BCUT2D eigenvalue weighted by Gasteiger charge is -2.20. The standard InChI is InChI=1S/C19H23N3OS/c1-13(14-5-7-15(8-6-14)19(2,3)4)20-17(23)11-16-12-22-9-10-24-18(22)21-16/h5-10,12-13H,11H2,1-4H3,(H,20,23). The van der Waals surface area contributed by atoms with Crippen molar-refractivity contribution in [3.63, 3.8) is 0 Å². The highest BCUT2D eigenvalue weighted by molar-refractivity contribution is 7.15. The molecule has 3 aromatic rings. The molecule has 0 aliphatic carbocycles. The molecular formula is C19H23N3OS. The van der Waals surface area contributed by atoms with E-state index in [0.29, 0.717) is 6.42 Å². The van der Waals surface area contributed by atoms with Gasteiger partial charge in [0.1, 0.15) is 0 Å². The molecule has 3 rings (SSSR count). The maximum atomic E-state index is 12.3. The summed E-state index contributed by atoms with van der Waals surface area (Å²) in [5.41, 5.74) is 3.35. The van der Waals surface area contributed by atoms with Crippen molar-refractivity contribution in [2.24, 2.45) is 0 Å². The minimum atomic E-state index is -0.0183. The molecule has 126 valence electrons. The van der Waals surface area contributed by atoms with Gasteiger partial charge < -0.3 is 5.32 Å². The van der Waals surface area contributed by atoms with Crippen LogP contribution in [0.25, 0.3) is 4.96 Å². The number of benzene rings is 1. The number of carbonyl (C=O) groups is 1. The highest BCUT2D eigenvalue weighted by atomic mass is 32.1. The van der Waals surface area contributed by atoms with Crippen LogP contribution in [-0.4, -0.2) is 15.3 Å². The molecule has 24 heavy (non-hydrogen) atoms. The molecule has 1 amide bonds. The van der Waals surface area contributed by atoms with Crippen LogP contribution < -0.4 is 5.32 Å². The molecule has 0 radical (unpaired) electrons. The number of amides is 1. The first kappa shape index (κ1) is 16.7. The first-order valence-electron chi connectivity index (χ1n) is 8.14. The summed E-state index contributed by atoms with van der Waals surface area (Å²) in [4.78, 5) is 17.6.